The predicted molar refractivity (Wildman–Crippen MR) is 109 cm³/mol. The predicted octanol–water partition coefficient (Wildman–Crippen LogP) is 3.75. The second-order valence-corrected chi connectivity index (χ2v) is 8.91. The van der Waals surface area contributed by atoms with Crippen LogP contribution < -0.4 is 10.9 Å². The first kappa shape index (κ1) is 19.4. The lowest BCUT2D eigenvalue weighted by Crippen LogP contribution is -2.34. The van der Waals surface area contributed by atoms with Gasteiger partial charge < -0.3 is 5.32 Å². The number of nitrogens with one attached hydrogen (secondary N) is 1. The molecule has 1 N–H and O–H groups in total. The molecule has 142 valence electrons. The highest BCUT2D eigenvalue weighted by Crippen LogP contribution is 2.34. The van der Waals surface area contributed by atoms with E-state index in [2.05, 4.69) is 12.2 Å². The number of aryl methyl sites for hydroxylation is 2. The standard InChI is InChI=1S/C19H27N3O2S2/c1-4-8-12(3)20-15(23)11-25-19-21-17-16(18(24)22(19)5-2)13-9-6-7-10-14(13)26-17/h12H,4-11H2,1-3H3,(H,20,23)/t12-/m0/s1. The Balaban J connectivity index is 1.84. The molecule has 2 aromatic rings. The zero-order chi connectivity index (χ0) is 18.7. The van der Waals surface area contributed by atoms with E-state index in [1.807, 2.05) is 13.8 Å². The summed E-state index contributed by atoms with van der Waals surface area (Å²) in [4.78, 5) is 32.1. The van der Waals surface area contributed by atoms with E-state index in [0.717, 1.165) is 42.3 Å². The normalized spacial score (nSPS) is 15.0. The second-order valence-electron chi connectivity index (χ2n) is 6.88. The third-order valence-corrected chi connectivity index (χ3v) is 6.98. The quantitative estimate of drug-likeness (QED) is 0.575. The average Bonchev–Trinajstić information content (AvgIpc) is 2.98. The van der Waals surface area contributed by atoms with Gasteiger partial charge in [0.1, 0.15) is 4.83 Å². The largest absolute Gasteiger partial charge is 0.353 e. The van der Waals surface area contributed by atoms with Crippen molar-refractivity contribution in [3.05, 3.63) is 20.8 Å². The molecular formula is C19H27N3O2S2. The molecule has 2 heterocycles. The van der Waals surface area contributed by atoms with Crippen LogP contribution in [0.1, 0.15) is 56.9 Å². The van der Waals surface area contributed by atoms with E-state index in [0.29, 0.717) is 11.7 Å². The lowest BCUT2D eigenvalue weighted by molar-refractivity contribution is -0.119. The van der Waals surface area contributed by atoms with E-state index in [4.69, 9.17) is 4.98 Å². The lowest BCUT2D eigenvalue weighted by atomic mass is 9.97. The topological polar surface area (TPSA) is 64.0 Å². The molecule has 7 heteroatoms. The highest BCUT2D eigenvalue weighted by Gasteiger charge is 2.22. The summed E-state index contributed by atoms with van der Waals surface area (Å²) in [6.07, 6.45) is 6.41. The fraction of sp³-hybridized carbons (Fsp3) is 0.632. The van der Waals surface area contributed by atoms with Gasteiger partial charge in [-0.2, -0.15) is 0 Å². The number of rotatable bonds is 7. The zero-order valence-electron chi connectivity index (χ0n) is 15.8. The van der Waals surface area contributed by atoms with Crippen molar-refractivity contribution >= 4 is 39.2 Å². The number of amides is 1. The molecule has 0 aliphatic heterocycles. The Morgan fingerprint density at radius 2 is 2.12 bits per heavy atom. The Bertz CT molecular complexity index is 857. The van der Waals surface area contributed by atoms with Gasteiger partial charge >= 0.3 is 0 Å². The molecule has 0 saturated heterocycles. The van der Waals surface area contributed by atoms with E-state index >= 15 is 0 Å². The first-order valence-electron chi connectivity index (χ1n) is 9.52. The monoisotopic (exact) mass is 393 g/mol. The van der Waals surface area contributed by atoms with Crippen LogP contribution >= 0.6 is 23.1 Å². The van der Waals surface area contributed by atoms with Crippen LogP contribution in [0.15, 0.2) is 9.95 Å². The Kier molecular flexibility index (Phi) is 6.40. The second kappa shape index (κ2) is 8.57. The maximum absolute atomic E-state index is 13.0. The molecule has 1 atom stereocenters. The van der Waals surface area contributed by atoms with Gasteiger partial charge in [-0.15, -0.1) is 11.3 Å². The zero-order valence-corrected chi connectivity index (χ0v) is 17.4. The maximum atomic E-state index is 13.0. The van der Waals surface area contributed by atoms with Crippen LogP contribution in [0.3, 0.4) is 0 Å². The summed E-state index contributed by atoms with van der Waals surface area (Å²) in [6, 6.07) is 0.181. The third-order valence-electron chi connectivity index (χ3n) is 4.82. The number of thiophene rings is 1. The fourth-order valence-corrected chi connectivity index (χ4v) is 5.74. The van der Waals surface area contributed by atoms with Crippen LogP contribution in [0.2, 0.25) is 0 Å². The summed E-state index contributed by atoms with van der Waals surface area (Å²) < 4.78 is 1.72. The Labute approximate surface area is 162 Å². The third kappa shape index (κ3) is 3.98. The lowest BCUT2D eigenvalue weighted by Gasteiger charge is -2.14. The molecular weight excluding hydrogens is 366 g/mol. The molecule has 3 rings (SSSR count). The van der Waals surface area contributed by atoms with Crippen LogP contribution in [0, 0.1) is 0 Å². The molecule has 0 radical (unpaired) electrons. The van der Waals surface area contributed by atoms with E-state index in [9.17, 15) is 9.59 Å². The minimum absolute atomic E-state index is 0.00146. The van der Waals surface area contributed by atoms with Crippen molar-refractivity contribution in [2.45, 2.75) is 77.0 Å². The molecule has 1 amide bonds. The molecule has 0 unspecified atom stereocenters. The first-order valence-corrected chi connectivity index (χ1v) is 11.3. The van der Waals surface area contributed by atoms with E-state index in [1.165, 1.54) is 28.6 Å². The number of aromatic nitrogens is 2. The van der Waals surface area contributed by atoms with Crippen LogP contribution in [0.25, 0.3) is 10.2 Å². The van der Waals surface area contributed by atoms with Crippen molar-refractivity contribution in [1.82, 2.24) is 14.9 Å². The van der Waals surface area contributed by atoms with E-state index in [1.54, 1.807) is 15.9 Å². The van der Waals surface area contributed by atoms with Gasteiger partial charge in [0.2, 0.25) is 5.91 Å². The Morgan fingerprint density at radius 3 is 2.85 bits per heavy atom. The number of carbonyl (C=O) groups is 1. The number of hydrogen-bond acceptors (Lipinski definition) is 5. The van der Waals surface area contributed by atoms with Crippen molar-refractivity contribution in [2.24, 2.45) is 0 Å². The number of thioether (sulfide) groups is 1. The van der Waals surface area contributed by atoms with Gasteiger partial charge in [0.25, 0.3) is 5.56 Å². The van der Waals surface area contributed by atoms with Gasteiger partial charge in [0.15, 0.2) is 5.16 Å². The molecule has 0 fully saturated rings. The smallest absolute Gasteiger partial charge is 0.263 e. The van der Waals surface area contributed by atoms with E-state index in [-0.39, 0.29) is 23.3 Å². The van der Waals surface area contributed by atoms with Crippen molar-refractivity contribution in [1.29, 1.82) is 0 Å². The maximum Gasteiger partial charge on any atom is 0.263 e. The van der Waals surface area contributed by atoms with Gasteiger partial charge in [-0.1, -0.05) is 25.1 Å². The van der Waals surface area contributed by atoms with Crippen LogP contribution in [-0.4, -0.2) is 27.3 Å². The summed E-state index contributed by atoms with van der Waals surface area (Å²) >= 11 is 3.02. The van der Waals surface area contributed by atoms with Gasteiger partial charge in [-0.25, -0.2) is 4.98 Å². The van der Waals surface area contributed by atoms with E-state index < -0.39 is 0 Å². The number of carbonyl (C=O) groups excluding carboxylic acids is 1. The molecule has 5 nitrogen and oxygen atoms in total. The summed E-state index contributed by atoms with van der Waals surface area (Å²) in [7, 11) is 0. The molecule has 0 saturated carbocycles. The summed E-state index contributed by atoms with van der Waals surface area (Å²) in [5.41, 5.74) is 1.28. The van der Waals surface area contributed by atoms with Crippen molar-refractivity contribution < 1.29 is 4.79 Å². The van der Waals surface area contributed by atoms with Crippen LogP contribution in [0.5, 0.6) is 0 Å². The molecule has 0 bridgehead atoms. The summed E-state index contributed by atoms with van der Waals surface area (Å²) in [6.45, 7) is 6.66. The summed E-state index contributed by atoms with van der Waals surface area (Å²) in [5.74, 6) is 0.287. The minimum Gasteiger partial charge on any atom is -0.353 e. The van der Waals surface area contributed by atoms with Crippen molar-refractivity contribution in [2.75, 3.05) is 5.75 Å². The fourth-order valence-electron chi connectivity index (χ4n) is 3.56. The Hall–Kier alpha value is -1.34. The van der Waals surface area contributed by atoms with Crippen molar-refractivity contribution in [3.63, 3.8) is 0 Å². The molecule has 0 aromatic carbocycles. The molecule has 2 aromatic heterocycles. The van der Waals surface area contributed by atoms with Gasteiger partial charge in [0.05, 0.1) is 11.1 Å². The van der Waals surface area contributed by atoms with Gasteiger partial charge in [-0.05, 0) is 51.5 Å². The Morgan fingerprint density at radius 1 is 1.35 bits per heavy atom. The minimum atomic E-state index is -0.00146. The first-order chi connectivity index (χ1) is 12.5. The average molecular weight is 394 g/mol. The van der Waals surface area contributed by atoms with Crippen LogP contribution in [-0.2, 0) is 24.2 Å². The molecule has 1 aliphatic carbocycles. The molecule has 26 heavy (non-hydrogen) atoms. The SMILES string of the molecule is CCC[C@H](C)NC(=O)CSc1nc2sc3c(c2c(=O)n1CC)CCCC3. The summed E-state index contributed by atoms with van der Waals surface area (Å²) in [5, 5.41) is 4.48. The number of nitrogens with zero attached hydrogens (tertiary/aromatic N) is 2. The molecule has 1 aliphatic rings. The van der Waals surface area contributed by atoms with Gasteiger partial charge in [0, 0.05) is 17.5 Å². The highest BCUT2D eigenvalue weighted by atomic mass is 32.2. The van der Waals surface area contributed by atoms with Crippen molar-refractivity contribution in [3.8, 4) is 0 Å². The highest BCUT2D eigenvalue weighted by molar-refractivity contribution is 7.99. The molecule has 0 spiro atoms. The van der Waals surface area contributed by atoms with Crippen LogP contribution in [0.4, 0.5) is 0 Å². The number of hydrogen-bond donors (Lipinski definition) is 1. The number of fused-ring (bicyclic) bond motifs is 3. The van der Waals surface area contributed by atoms with Gasteiger partial charge in [-0.3, -0.25) is 14.2 Å².